The summed E-state index contributed by atoms with van der Waals surface area (Å²) in [6.07, 6.45) is -4.87. The van der Waals surface area contributed by atoms with Crippen LogP contribution in [0.25, 0.3) is 0 Å². The van der Waals surface area contributed by atoms with Crippen LogP contribution in [0.2, 0.25) is 5.02 Å². The maximum Gasteiger partial charge on any atom is 0.417 e. The van der Waals surface area contributed by atoms with Crippen LogP contribution in [0.3, 0.4) is 0 Å². The summed E-state index contributed by atoms with van der Waals surface area (Å²) in [5, 5.41) is -0.494. The summed E-state index contributed by atoms with van der Waals surface area (Å²) < 4.78 is 59.0. The van der Waals surface area contributed by atoms with Crippen molar-refractivity contribution >= 4 is 23.6 Å². The quantitative estimate of drug-likeness (QED) is 0.448. The lowest BCUT2D eigenvalue weighted by Gasteiger charge is -2.43. The first kappa shape index (κ1) is 26.8. The second-order valence-electron chi connectivity index (χ2n) is 9.55. The Bertz CT molecular complexity index is 1080. The molecular formula is C25H27ClF4N2O3. The molecule has 2 amide bonds. The van der Waals surface area contributed by atoms with E-state index in [9.17, 15) is 27.2 Å². The molecule has 2 aromatic carbocycles. The lowest BCUT2D eigenvalue weighted by molar-refractivity contribution is -0.137. The van der Waals surface area contributed by atoms with E-state index in [1.54, 1.807) is 32.9 Å². The number of benzene rings is 2. The van der Waals surface area contributed by atoms with Crippen LogP contribution in [0.5, 0.6) is 0 Å². The Morgan fingerprint density at radius 2 is 1.71 bits per heavy atom. The molecule has 0 radical (unpaired) electrons. The summed E-state index contributed by atoms with van der Waals surface area (Å²) in [6, 6.07) is 8.31. The highest BCUT2D eigenvalue weighted by Crippen LogP contribution is 2.36. The fraction of sp³-hybridized carbons (Fsp3) is 0.440. The van der Waals surface area contributed by atoms with Crippen molar-refractivity contribution in [3.8, 4) is 0 Å². The normalized spacial score (nSPS) is 18.8. The number of halogens is 5. The van der Waals surface area contributed by atoms with E-state index >= 15 is 0 Å². The molecule has 0 bridgehead atoms. The van der Waals surface area contributed by atoms with Crippen molar-refractivity contribution in [2.24, 2.45) is 0 Å². The van der Waals surface area contributed by atoms with Gasteiger partial charge in [0.05, 0.1) is 10.6 Å². The molecule has 1 saturated heterocycles. The minimum Gasteiger partial charge on any atom is -0.444 e. The molecule has 1 fully saturated rings. The number of alkyl halides is 3. The van der Waals surface area contributed by atoms with E-state index in [4.69, 9.17) is 16.3 Å². The highest BCUT2D eigenvalue weighted by atomic mass is 35.5. The van der Waals surface area contributed by atoms with E-state index in [0.717, 1.165) is 12.1 Å². The smallest absolute Gasteiger partial charge is 0.417 e. The molecule has 2 atom stereocenters. The van der Waals surface area contributed by atoms with Gasteiger partial charge >= 0.3 is 12.3 Å². The van der Waals surface area contributed by atoms with Crippen LogP contribution in [0.15, 0.2) is 42.5 Å². The van der Waals surface area contributed by atoms with Crippen LogP contribution in [0.1, 0.15) is 54.6 Å². The highest BCUT2D eigenvalue weighted by molar-refractivity contribution is 6.31. The van der Waals surface area contributed by atoms with E-state index in [-0.39, 0.29) is 18.7 Å². The standard InChI is InChI=1S/C25H27ClF4N2O3/c1-24(2,3)35-23(34)32-12-11-21(18(14-32)15-5-8-17(27)9-6-15)31(4)22(33)16-7-10-20(26)19(13-16)25(28,29)30/h5-10,13,18,21H,11-12,14H2,1-4H3/t18-,21+/m0/s1. The fourth-order valence-corrected chi connectivity index (χ4v) is 4.39. The monoisotopic (exact) mass is 514 g/mol. The van der Waals surface area contributed by atoms with Crippen LogP contribution in [0.4, 0.5) is 22.4 Å². The van der Waals surface area contributed by atoms with Crippen molar-refractivity contribution in [3.05, 3.63) is 70.0 Å². The van der Waals surface area contributed by atoms with Crippen LogP contribution in [-0.4, -0.2) is 53.6 Å². The molecule has 2 aromatic rings. The summed E-state index contributed by atoms with van der Waals surface area (Å²) in [6.45, 7) is 5.73. The van der Waals surface area contributed by atoms with E-state index < -0.39 is 52.1 Å². The molecule has 5 nitrogen and oxygen atoms in total. The molecule has 0 aliphatic carbocycles. The minimum absolute atomic E-state index is 0.156. The maximum absolute atomic E-state index is 13.6. The first-order valence-corrected chi connectivity index (χ1v) is 11.4. The van der Waals surface area contributed by atoms with Gasteiger partial charge in [-0.1, -0.05) is 23.7 Å². The number of amides is 2. The molecular weight excluding hydrogens is 488 g/mol. The zero-order chi connectivity index (χ0) is 26.1. The number of hydrogen-bond donors (Lipinski definition) is 0. The van der Waals surface area contributed by atoms with Crippen molar-refractivity contribution in [1.82, 2.24) is 9.80 Å². The zero-order valence-electron chi connectivity index (χ0n) is 19.8. The third-order valence-corrected chi connectivity index (χ3v) is 6.19. The van der Waals surface area contributed by atoms with Gasteiger partial charge in [0.25, 0.3) is 5.91 Å². The highest BCUT2D eigenvalue weighted by Gasteiger charge is 2.39. The molecule has 1 aliphatic rings. The van der Waals surface area contributed by atoms with E-state index in [2.05, 4.69) is 0 Å². The largest absolute Gasteiger partial charge is 0.444 e. The molecule has 190 valence electrons. The summed E-state index contributed by atoms with van der Waals surface area (Å²) in [5.41, 5.74) is -1.25. The number of likely N-dealkylation sites (N-methyl/N-ethyl adjacent to an activating group) is 1. The van der Waals surface area contributed by atoms with E-state index in [1.165, 1.54) is 35.0 Å². The predicted octanol–water partition coefficient (Wildman–Crippen LogP) is 6.36. The predicted molar refractivity (Wildman–Crippen MR) is 124 cm³/mol. The average molecular weight is 515 g/mol. The molecule has 0 N–H and O–H groups in total. The number of likely N-dealkylation sites (tertiary alicyclic amines) is 1. The van der Waals surface area contributed by atoms with Crippen LogP contribution < -0.4 is 0 Å². The van der Waals surface area contributed by atoms with Gasteiger partial charge in [0.15, 0.2) is 0 Å². The average Bonchev–Trinajstić information content (AvgIpc) is 2.76. The van der Waals surface area contributed by atoms with Crippen molar-refractivity contribution in [2.75, 3.05) is 20.1 Å². The lowest BCUT2D eigenvalue weighted by atomic mass is 9.85. The Labute approximate surface area is 206 Å². The Hall–Kier alpha value is -2.81. The van der Waals surface area contributed by atoms with Gasteiger partial charge in [0.1, 0.15) is 11.4 Å². The summed E-state index contributed by atoms with van der Waals surface area (Å²) in [7, 11) is 1.51. The molecule has 3 rings (SSSR count). The minimum atomic E-state index is -4.71. The zero-order valence-corrected chi connectivity index (χ0v) is 20.6. The molecule has 35 heavy (non-hydrogen) atoms. The Balaban J connectivity index is 1.90. The molecule has 1 aliphatic heterocycles. The summed E-state index contributed by atoms with van der Waals surface area (Å²) >= 11 is 5.70. The second kappa shape index (κ2) is 10.0. The number of piperidine rings is 1. The molecule has 0 aromatic heterocycles. The van der Waals surface area contributed by atoms with Gasteiger partial charge in [0, 0.05) is 37.7 Å². The first-order valence-electron chi connectivity index (χ1n) is 11.0. The van der Waals surface area contributed by atoms with Crippen molar-refractivity contribution < 1.29 is 31.9 Å². The number of hydrogen-bond acceptors (Lipinski definition) is 3. The number of carbonyl (C=O) groups is 2. The molecule has 1 heterocycles. The topological polar surface area (TPSA) is 49.9 Å². The third-order valence-electron chi connectivity index (χ3n) is 5.86. The molecule has 0 saturated carbocycles. The first-order chi connectivity index (χ1) is 16.2. The van der Waals surface area contributed by atoms with Crippen molar-refractivity contribution in [3.63, 3.8) is 0 Å². The number of carbonyl (C=O) groups excluding carboxylic acids is 2. The van der Waals surface area contributed by atoms with Gasteiger partial charge < -0.3 is 14.5 Å². The maximum atomic E-state index is 13.6. The Morgan fingerprint density at radius 1 is 1.09 bits per heavy atom. The third kappa shape index (κ3) is 6.45. The van der Waals surface area contributed by atoms with E-state index in [0.29, 0.717) is 12.0 Å². The van der Waals surface area contributed by atoms with Gasteiger partial charge in [-0.05, 0) is 63.1 Å². The SMILES string of the molecule is CN(C(=O)c1ccc(Cl)c(C(F)(F)F)c1)[C@@H]1CCN(C(=O)OC(C)(C)C)C[C@H]1c1ccc(F)cc1. The van der Waals surface area contributed by atoms with Gasteiger partial charge in [-0.3, -0.25) is 4.79 Å². The molecule has 0 unspecified atom stereocenters. The van der Waals surface area contributed by atoms with Gasteiger partial charge in [-0.15, -0.1) is 0 Å². The molecule has 10 heteroatoms. The number of ether oxygens (including phenoxy) is 1. The van der Waals surface area contributed by atoms with Gasteiger partial charge in [0.2, 0.25) is 0 Å². The summed E-state index contributed by atoms with van der Waals surface area (Å²) in [5.74, 6) is -1.47. The number of rotatable bonds is 3. The summed E-state index contributed by atoms with van der Waals surface area (Å²) in [4.78, 5) is 28.8. The van der Waals surface area contributed by atoms with Crippen molar-refractivity contribution in [1.29, 1.82) is 0 Å². The number of nitrogens with zero attached hydrogens (tertiary/aromatic N) is 2. The van der Waals surface area contributed by atoms with Gasteiger partial charge in [-0.25, -0.2) is 9.18 Å². The van der Waals surface area contributed by atoms with Crippen molar-refractivity contribution in [2.45, 2.75) is 50.9 Å². The van der Waals surface area contributed by atoms with E-state index in [1.807, 2.05) is 0 Å². The lowest BCUT2D eigenvalue weighted by Crippen LogP contribution is -2.52. The Morgan fingerprint density at radius 3 is 2.29 bits per heavy atom. The molecule has 0 spiro atoms. The van der Waals surface area contributed by atoms with Crippen LogP contribution in [-0.2, 0) is 10.9 Å². The Kier molecular flexibility index (Phi) is 7.69. The van der Waals surface area contributed by atoms with Crippen LogP contribution in [0, 0.1) is 5.82 Å². The van der Waals surface area contributed by atoms with Crippen LogP contribution >= 0.6 is 11.6 Å². The second-order valence-corrected chi connectivity index (χ2v) is 9.96. The van der Waals surface area contributed by atoms with Gasteiger partial charge in [-0.2, -0.15) is 13.2 Å². The fourth-order valence-electron chi connectivity index (χ4n) is 4.16.